The first kappa shape index (κ1) is 15.3. The molecule has 2 rings (SSSR count). The van der Waals surface area contributed by atoms with Crippen LogP contribution >= 0.6 is 0 Å². The van der Waals surface area contributed by atoms with Crippen LogP contribution in [0.15, 0.2) is 0 Å². The number of rotatable bonds is 8. The fourth-order valence-corrected chi connectivity index (χ4v) is 4.94. The first-order chi connectivity index (χ1) is 8.96. The summed E-state index contributed by atoms with van der Waals surface area (Å²) in [7, 11) is -3.07. The molecule has 0 radical (unpaired) electrons. The molecule has 3 unspecified atom stereocenters. The van der Waals surface area contributed by atoms with Crippen LogP contribution in [0.3, 0.4) is 0 Å². The topological polar surface area (TPSA) is 58.2 Å². The van der Waals surface area contributed by atoms with Gasteiger partial charge in [0, 0.05) is 12.1 Å². The van der Waals surface area contributed by atoms with Gasteiger partial charge in [-0.15, -0.1) is 0 Å². The smallest absolute Gasteiger partial charge is 0.211 e. The SMILES string of the molecule is CC(C)NCCCCS(=O)(=O)NC1CC2CCC1C2. The second kappa shape index (κ2) is 6.55. The number of hydrogen-bond acceptors (Lipinski definition) is 3. The quantitative estimate of drug-likeness (QED) is 0.670. The monoisotopic (exact) mass is 288 g/mol. The second-order valence-corrected chi connectivity index (χ2v) is 8.41. The van der Waals surface area contributed by atoms with Crippen LogP contribution in [0.2, 0.25) is 0 Å². The molecule has 5 heteroatoms. The Balaban J connectivity index is 1.65. The Bertz CT molecular complexity index is 381. The molecule has 2 aliphatic rings. The average molecular weight is 288 g/mol. The maximum Gasteiger partial charge on any atom is 0.211 e. The molecule has 2 bridgehead atoms. The lowest BCUT2D eigenvalue weighted by atomic mass is 9.96. The van der Waals surface area contributed by atoms with Crippen LogP contribution in [0.25, 0.3) is 0 Å². The van der Waals surface area contributed by atoms with Crippen molar-refractivity contribution in [3.63, 3.8) is 0 Å². The lowest BCUT2D eigenvalue weighted by molar-refractivity contribution is 0.390. The molecule has 0 heterocycles. The van der Waals surface area contributed by atoms with Gasteiger partial charge in [0.05, 0.1) is 5.75 Å². The molecule has 4 nitrogen and oxygen atoms in total. The van der Waals surface area contributed by atoms with E-state index in [1.807, 2.05) is 0 Å². The Morgan fingerprint density at radius 3 is 2.53 bits per heavy atom. The van der Waals surface area contributed by atoms with E-state index in [1.165, 1.54) is 19.3 Å². The van der Waals surface area contributed by atoms with E-state index in [0.29, 0.717) is 12.0 Å². The molecule has 2 fully saturated rings. The Morgan fingerprint density at radius 2 is 1.95 bits per heavy atom. The number of hydrogen-bond donors (Lipinski definition) is 2. The van der Waals surface area contributed by atoms with Gasteiger partial charge in [0.25, 0.3) is 0 Å². The van der Waals surface area contributed by atoms with E-state index in [9.17, 15) is 8.42 Å². The van der Waals surface area contributed by atoms with Crippen molar-refractivity contribution in [1.29, 1.82) is 0 Å². The number of sulfonamides is 1. The summed E-state index contributed by atoms with van der Waals surface area (Å²) in [5.74, 6) is 1.68. The molecule has 3 atom stereocenters. The molecule has 112 valence electrons. The third-order valence-corrected chi connectivity index (χ3v) is 5.95. The molecule has 0 spiro atoms. The van der Waals surface area contributed by atoms with Crippen molar-refractivity contribution in [3.05, 3.63) is 0 Å². The summed E-state index contributed by atoms with van der Waals surface area (Å²) in [6, 6.07) is 0.710. The molecule has 19 heavy (non-hydrogen) atoms. The fourth-order valence-electron chi connectivity index (χ4n) is 3.49. The molecular weight excluding hydrogens is 260 g/mol. The van der Waals surface area contributed by atoms with Crippen molar-refractivity contribution >= 4 is 10.0 Å². The molecule has 0 aromatic heterocycles. The lowest BCUT2D eigenvalue weighted by Crippen LogP contribution is -2.39. The summed E-state index contributed by atoms with van der Waals surface area (Å²) in [5, 5.41) is 3.31. The van der Waals surface area contributed by atoms with Crippen molar-refractivity contribution in [2.45, 2.75) is 64.5 Å². The molecule has 2 aliphatic carbocycles. The summed E-state index contributed by atoms with van der Waals surface area (Å²) in [6.07, 6.45) is 6.51. The molecule has 0 saturated heterocycles. The van der Waals surface area contributed by atoms with Gasteiger partial charge in [0.15, 0.2) is 0 Å². The third-order valence-electron chi connectivity index (χ3n) is 4.46. The minimum absolute atomic E-state index is 0.234. The van der Waals surface area contributed by atoms with E-state index >= 15 is 0 Å². The molecule has 0 amide bonds. The summed E-state index contributed by atoms with van der Waals surface area (Å²) in [4.78, 5) is 0. The van der Waals surface area contributed by atoms with Gasteiger partial charge >= 0.3 is 0 Å². The summed E-state index contributed by atoms with van der Waals surface area (Å²) < 4.78 is 27.0. The van der Waals surface area contributed by atoms with E-state index in [2.05, 4.69) is 23.9 Å². The Hall–Kier alpha value is -0.130. The van der Waals surface area contributed by atoms with Gasteiger partial charge < -0.3 is 5.32 Å². The minimum Gasteiger partial charge on any atom is -0.315 e. The summed E-state index contributed by atoms with van der Waals surface area (Å²) in [6.45, 7) is 5.11. The van der Waals surface area contributed by atoms with E-state index in [-0.39, 0.29) is 11.8 Å². The highest BCUT2D eigenvalue weighted by Crippen LogP contribution is 2.44. The van der Waals surface area contributed by atoms with Crippen LogP contribution in [0.4, 0.5) is 0 Å². The standard InChI is InChI=1S/C14H28N2O2S/c1-11(2)15-7-3-4-8-19(17,18)16-14-10-12-5-6-13(14)9-12/h11-16H,3-10H2,1-2H3. The summed E-state index contributed by atoms with van der Waals surface area (Å²) >= 11 is 0. The van der Waals surface area contributed by atoms with Gasteiger partial charge in [-0.25, -0.2) is 13.1 Å². The van der Waals surface area contributed by atoms with Crippen LogP contribution < -0.4 is 10.0 Å². The maximum atomic E-state index is 12.0. The number of unbranched alkanes of at least 4 members (excludes halogenated alkanes) is 1. The largest absolute Gasteiger partial charge is 0.315 e. The normalized spacial score (nSPS) is 30.4. The predicted octanol–water partition coefficient (Wildman–Crippen LogP) is 1.87. The molecule has 2 N–H and O–H groups in total. The van der Waals surface area contributed by atoms with Gasteiger partial charge in [-0.1, -0.05) is 20.3 Å². The van der Waals surface area contributed by atoms with Crippen molar-refractivity contribution in [1.82, 2.24) is 10.0 Å². The predicted molar refractivity (Wildman–Crippen MR) is 78.5 cm³/mol. The van der Waals surface area contributed by atoms with Gasteiger partial charge in [-0.05, 0) is 50.5 Å². The van der Waals surface area contributed by atoms with E-state index in [1.54, 1.807) is 0 Å². The van der Waals surface area contributed by atoms with Crippen LogP contribution in [0.5, 0.6) is 0 Å². The third kappa shape index (κ3) is 4.72. The second-order valence-electron chi connectivity index (χ2n) is 6.53. The van der Waals surface area contributed by atoms with Crippen molar-refractivity contribution in [3.8, 4) is 0 Å². The van der Waals surface area contributed by atoms with E-state index < -0.39 is 10.0 Å². The van der Waals surface area contributed by atoms with Crippen LogP contribution in [-0.4, -0.2) is 32.8 Å². The minimum atomic E-state index is -3.07. The highest BCUT2D eigenvalue weighted by Gasteiger charge is 2.40. The molecular formula is C14H28N2O2S. The van der Waals surface area contributed by atoms with Gasteiger partial charge in [0.1, 0.15) is 0 Å². The van der Waals surface area contributed by atoms with Crippen molar-refractivity contribution in [2.75, 3.05) is 12.3 Å². The first-order valence-corrected chi connectivity index (χ1v) is 9.35. The highest BCUT2D eigenvalue weighted by atomic mass is 32.2. The molecule has 2 saturated carbocycles. The average Bonchev–Trinajstić information content (AvgIpc) is 2.89. The van der Waals surface area contributed by atoms with Crippen LogP contribution in [0.1, 0.15) is 52.4 Å². The molecule has 0 aliphatic heterocycles. The Kier molecular flexibility index (Phi) is 5.26. The zero-order chi connectivity index (χ0) is 13.9. The number of fused-ring (bicyclic) bond motifs is 2. The zero-order valence-corrected chi connectivity index (χ0v) is 13.0. The maximum absolute atomic E-state index is 12.0. The van der Waals surface area contributed by atoms with Gasteiger partial charge in [0.2, 0.25) is 10.0 Å². The lowest BCUT2D eigenvalue weighted by Gasteiger charge is -2.22. The molecule has 0 aromatic rings. The zero-order valence-electron chi connectivity index (χ0n) is 12.2. The Morgan fingerprint density at radius 1 is 1.16 bits per heavy atom. The highest BCUT2D eigenvalue weighted by molar-refractivity contribution is 7.89. The van der Waals surface area contributed by atoms with Crippen LogP contribution in [-0.2, 0) is 10.0 Å². The first-order valence-electron chi connectivity index (χ1n) is 7.69. The van der Waals surface area contributed by atoms with Crippen molar-refractivity contribution in [2.24, 2.45) is 11.8 Å². The van der Waals surface area contributed by atoms with Crippen LogP contribution in [0, 0.1) is 11.8 Å². The fraction of sp³-hybridized carbons (Fsp3) is 1.00. The van der Waals surface area contributed by atoms with Gasteiger partial charge in [-0.2, -0.15) is 0 Å². The van der Waals surface area contributed by atoms with E-state index in [0.717, 1.165) is 31.7 Å². The molecule has 0 aromatic carbocycles. The van der Waals surface area contributed by atoms with Gasteiger partial charge in [-0.3, -0.25) is 0 Å². The summed E-state index contributed by atoms with van der Waals surface area (Å²) in [5.41, 5.74) is 0. The van der Waals surface area contributed by atoms with Crippen molar-refractivity contribution < 1.29 is 8.42 Å². The van der Waals surface area contributed by atoms with E-state index in [4.69, 9.17) is 0 Å². The Labute approximate surface area is 117 Å². The number of nitrogens with one attached hydrogen (secondary N) is 2.